The second-order valence-electron chi connectivity index (χ2n) is 5.08. The third-order valence-electron chi connectivity index (χ3n) is 3.80. The van der Waals surface area contributed by atoms with E-state index in [1.807, 2.05) is 0 Å². The lowest BCUT2D eigenvalue weighted by atomic mass is 10.1. The van der Waals surface area contributed by atoms with E-state index >= 15 is 0 Å². The lowest BCUT2D eigenvalue weighted by Crippen LogP contribution is -2.39. The SMILES string of the molecule is CC1CCCC1NC(=O)CC1CCCN1. The van der Waals surface area contributed by atoms with Crippen molar-refractivity contribution in [1.29, 1.82) is 0 Å². The fourth-order valence-electron chi connectivity index (χ4n) is 2.78. The first-order chi connectivity index (χ1) is 7.25. The summed E-state index contributed by atoms with van der Waals surface area (Å²) in [5, 5.41) is 6.54. The summed E-state index contributed by atoms with van der Waals surface area (Å²) >= 11 is 0. The van der Waals surface area contributed by atoms with Crippen LogP contribution in [0, 0.1) is 5.92 Å². The van der Waals surface area contributed by atoms with Crippen molar-refractivity contribution in [1.82, 2.24) is 10.6 Å². The number of hydrogen-bond donors (Lipinski definition) is 2. The van der Waals surface area contributed by atoms with Gasteiger partial charge in [0.1, 0.15) is 0 Å². The third-order valence-corrected chi connectivity index (χ3v) is 3.80. The molecule has 1 saturated heterocycles. The first-order valence-electron chi connectivity index (χ1n) is 6.28. The molecule has 0 spiro atoms. The van der Waals surface area contributed by atoms with Crippen molar-refractivity contribution in [2.24, 2.45) is 5.92 Å². The maximum Gasteiger partial charge on any atom is 0.221 e. The van der Waals surface area contributed by atoms with Gasteiger partial charge in [0, 0.05) is 18.5 Å². The fourth-order valence-corrected chi connectivity index (χ4v) is 2.78. The molecule has 0 radical (unpaired) electrons. The molecule has 86 valence electrons. The van der Waals surface area contributed by atoms with Gasteiger partial charge in [0.2, 0.25) is 5.91 Å². The van der Waals surface area contributed by atoms with Gasteiger partial charge in [0.25, 0.3) is 0 Å². The lowest BCUT2D eigenvalue weighted by molar-refractivity contribution is -0.122. The highest BCUT2D eigenvalue weighted by atomic mass is 16.1. The third kappa shape index (κ3) is 2.94. The highest BCUT2D eigenvalue weighted by Crippen LogP contribution is 2.24. The average Bonchev–Trinajstić information content (AvgIpc) is 2.79. The monoisotopic (exact) mass is 210 g/mol. The van der Waals surface area contributed by atoms with Crippen molar-refractivity contribution in [3.63, 3.8) is 0 Å². The van der Waals surface area contributed by atoms with Crippen LogP contribution < -0.4 is 10.6 Å². The van der Waals surface area contributed by atoms with Gasteiger partial charge >= 0.3 is 0 Å². The fraction of sp³-hybridized carbons (Fsp3) is 0.917. The van der Waals surface area contributed by atoms with E-state index in [1.165, 1.54) is 25.7 Å². The van der Waals surface area contributed by atoms with E-state index in [-0.39, 0.29) is 5.91 Å². The normalized spacial score (nSPS) is 35.7. The molecule has 1 aliphatic heterocycles. The van der Waals surface area contributed by atoms with Gasteiger partial charge in [-0.1, -0.05) is 13.3 Å². The van der Waals surface area contributed by atoms with Gasteiger partial charge < -0.3 is 10.6 Å². The maximum atomic E-state index is 11.7. The lowest BCUT2D eigenvalue weighted by Gasteiger charge is -2.18. The Morgan fingerprint density at radius 3 is 2.80 bits per heavy atom. The van der Waals surface area contributed by atoms with E-state index in [9.17, 15) is 4.79 Å². The van der Waals surface area contributed by atoms with Crippen LogP contribution in [0.2, 0.25) is 0 Å². The largest absolute Gasteiger partial charge is 0.353 e. The Bertz CT molecular complexity index is 224. The molecule has 1 saturated carbocycles. The highest BCUT2D eigenvalue weighted by molar-refractivity contribution is 5.77. The van der Waals surface area contributed by atoms with E-state index < -0.39 is 0 Å². The maximum absolute atomic E-state index is 11.7. The Balaban J connectivity index is 1.71. The van der Waals surface area contributed by atoms with Gasteiger partial charge in [0.15, 0.2) is 0 Å². The summed E-state index contributed by atoms with van der Waals surface area (Å²) in [5.74, 6) is 0.915. The van der Waals surface area contributed by atoms with E-state index in [0.717, 1.165) is 13.0 Å². The van der Waals surface area contributed by atoms with Crippen LogP contribution in [0.1, 0.15) is 45.4 Å². The van der Waals surface area contributed by atoms with Crippen molar-refractivity contribution in [2.45, 2.75) is 57.5 Å². The molecular weight excluding hydrogens is 188 g/mol. The molecular formula is C12H22N2O. The Labute approximate surface area is 92.0 Å². The number of amides is 1. The minimum absolute atomic E-state index is 0.244. The molecule has 2 aliphatic rings. The summed E-state index contributed by atoms with van der Waals surface area (Å²) in [4.78, 5) is 11.7. The van der Waals surface area contributed by atoms with Gasteiger partial charge in [-0.15, -0.1) is 0 Å². The molecule has 3 atom stereocenters. The molecule has 2 N–H and O–H groups in total. The van der Waals surface area contributed by atoms with E-state index in [0.29, 0.717) is 24.4 Å². The van der Waals surface area contributed by atoms with Crippen LogP contribution in [0.4, 0.5) is 0 Å². The van der Waals surface area contributed by atoms with Crippen molar-refractivity contribution >= 4 is 5.91 Å². The molecule has 15 heavy (non-hydrogen) atoms. The van der Waals surface area contributed by atoms with Crippen LogP contribution >= 0.6 is 0 Å². The summed E-state index contributed by atoms with van der Waals surface area (Å²) in [6, 6.07) is 0.876. The minimum atomic E-state index is 0.244. The second kappa shape index (κ2) is 4.97. The molecule has 1 heterocycles. The summed E-state index contributed by atoms with van der Waals surface area (Å²) < 4.78 is 0. The van der Waals surface area contributed by atoms with Crippen LogP contribution in [0.3, 0.4) is 0 Å². The average molecular weight is 210 g/mol. The molecule has 3 unspecified atom stereocenters. The van der Waals surface area contributed by atoms with E-state index in [1.54, 1.807) is 0 Å². The molecule has 2 fully saturated rings. The number of hydrogen-bond acceptors (Lipinski definition) is 2. The van der Waals surface area contributed by atoms with E-state index in [2.05, 4.69) is 17.6 Å². The summed E-state index contributed by atoms with van der Waals surface area (Å²) in [7, 11) is 0. The minimum Gasteiger partial charge on any atom is -0.353 e. The topological polar surface area (TPSA) is 41.1 Å². The van der Waals surface area contributed by atoms with Gasteiger partial charge in [-0.25, -0.2) is 0 Å². The zero-order chi connectivity index (χ0) is 10.7. The Morgan fingerprint density at radius 1 is 1.33 bits per heavy atom. The molecule has 2 rings (SSSR count). The number of rotatable bonds is 3. The van der Waals surface area contributed by atoms with Crippen molar-refractivity contribution in [2.75, 3.05) is 6.54 Å². The van der Waals surface area contributed by atoms with Crippen LogP contribution in [0.25, 0.3) is 0 Å². The Morgan fingerprint density at radius 2 is 2.20 bits per heavy atom. The van der Waals surface area contributed by atoms with Gasteiger partial charge in [0.05, 0.1) is 0 Å². The highest BCUT2D eigenvalue weighted by Gasteiger charge is 2.26. The number of carbonyl (C=O) groups is 1. The Kier molecular flexibility index (Phi) is 3.62. The van der Waals surface area contributed by atoms with Crippen LogP contribution in [0.5, 0.6) is 0 Å². The molecule has 0 aromatic heterocycles. The molecule has 1 amide bonds. The van der Waals surface area contributed by atoms with Crippen molar-refractivity contribution in [3.8, 4) is 0 Å². The predicted octanol–water partition coefficient (Wildman–Crippen LogP) is 1.43. The smallest absolute Gasteiger partial charge is 0.221 e. The predicted molar refractivity (Wildman–Crippen MR) is 60.6 cm³/mol. The van der Waals surface area contributed by atoms with E-state index in [4.69, 9.17) is 0 Å². The standard InChI is InChI=1S/C12H22N2O/c1-9-4-2-6-11(9)14-12(15)8-10-5-3-7-13-10/h9-11,13H,2-8H2,1H3,(H,14,15). The first-order valence-corrected chi connectivity index (χ1v) is 6.28. The van der Waals surface area contributed by atoms with Gasteiger partial charge in [-0.05, 0) is 38.1 Å². The van der Waals surface area contributed by atoms with Crippen LogP contribution in [-0.4, -0.2) is 24.5 Å². The van der Waals surface area contributed by atoms with Crippen LogP contribution in [-0.2, 0) is 4.79 Å². The molecule has 0 aromatic rings. The molecule has 1 aliphatic carbocycles. The number of carbonyl (C=O) groups excluding carboxylic acids is 1. The molecule has 0 aromatic carbocycles. The van der Waals surface area contributed by atoms with Crippen molar-refractivity contribution in [3.05, 3.63) is 0 Å². The zero-order valence-electron chi connectivity index (χ0n) is 9.59. The Hall–Kier alpha value is -0.570. The molecule has 0 bridgehead atoms. The summed E-state index contributed by atoms with van der Waals surface area (Å²) in [6.45, 7) is 3.32. The van der Waals surface area contributed by atoms with Crippen molar-refractivity contribution < 1.29 is 4.79 Å². The van der Waals surface area contributed by atoms with Gasteiger partial charge in [-0.2, -0.15) is 0 Å². The van der Waals surface area contributed by atoms with Crippen LogP contribution in [0.15, 0.2) is 0 Å². The summed E-state index contributed by atoms with van der Waals surface area (Å²) in [6.07, 6.45) is 6.76. The summed E-state index contributed by atoms with van der Waals surface area (Å²) in [5.41, 5.74) is 0. The first kappa shape index (κ1) is 10.9. The second-order valence-corrected chi connectivity index (χ2v) is 5.08. The number of nitrogens with one attached hydrogen (secondary N) is 2. The zero-order valence-corrected chi connectivity index (χ0v) is 9.59. The quantitative estimate of drug-likeness (QED) is 0.740. The molecule has 3 nitrogen and oxygen atoms in total. The van der Waals surface area contributed by atoms with Gasteiger partial charge in [-0.3, -0.25) is 4.79 Å². The molecule has 3 heteroatoms.